The topological polar surface area (TPSA) is 64.1 Å². The van der Waals surface area contributed by atoms with Gasteiger partial charge in [0, 0.05) is 22.7 Å². The third-order valence-electron chi connectivity index (χ3n) is 3.29. The van der Waals surface area contributed by atoms with Crippen LogP contribution in [0, 0.1) is 6.92 Å². The molecule has 4 nitrogen and oxygen atoms in total. The van der Waals surface area contributed by atoms with Crippen molar-refractivity contribution in [3.8, 4) is 16.9 Å². The maximum Gasteiger partial charge on any atom is 0.272 e. The molecule has 3 rings (SSSR count). The number of hydrogen-bond acceptors (Lipinski definition) is 3. The Morgan fingerprint density at radius 3 is 2.32 bits per heavy atom. The van der Waals surface area contributed by atoms with Crippen molar-refractivity contribution in [2.45, 2.75) is 11.8 Å². The molecule has 0 aliphatic heterocycles. The second kappa shape index (κ2) is 6.14. The number of hydrogen-bond donors (Lipinski definition) is 2. The molecule has 3 aromatic rings. The summed E-state index contributed by atoms with van der Waals surface area (Å²) < 4.78 is 11.3. The van der Waals surface area contributed by atoms with Gasteiger partial charge < -0.3 is 0 Å². The minimum Gasteiger partial charge on any atom is -0.233 e. The first kappa shape index (κ1) is 15.1. The minimum absolute atomic E-state index is 0.695. The first-order chi connectivity index (χ1) is 10.5. The average Bonchev–Trinajstić information content (AvgIpc) is 2.90. The van der Waals surface area contributed by atoms with E-state index in [1.54, 1.807) is 12.1 Å². The zero-order valence-electron chi connectivity index (χ0n) is 11.9. The largest absolute Gasteiger partial charge is 0.272 e. The number of nitrogens with two attached hydrogens (primary N) is 1. The second-order valence-electron chi connectivity index (χ2n) is 4.90. The van der Waals surface area contributed by atoms with Crippen molar-refractivity contribution in [3.05, 3.63) is 65.3 Å². The zero-order chi connectivity index (χ0) is 15.7. The number of nitrogens with zero attached hydrogens (tertiary/aromatic N) is 2. The normalized spacial score (nSPS) is 12.4. The molecule has 0 aliphatic carbocycles. The summed E-state index contributed by atoms with van der Waals surface area (Å²) in [5, 5.41) is 10.7. The van der Waals surface area contributed by atoms with Gasteiger partial charge in [-0.15, -0.1) is 5.14 Å². The third kappa shape index (κ3) is 3.03. The summed E-state index contributed by atoms with van der Waals surface area (Å²) >= 11 is 4.72. The summed E-state index contributed by atoms with van der Waals surface area (Å²) in [5.41, 5.74) is 3.86. The first-order valence-corrected chi connectivity index (χ1v) is 8.28. The van der Waals surface area contributed by atoms with Gasteiger partial charge in [0.15, 0.2) is 0 Å². The Kier molecular flexibility index (Phi) is 4.22. The number of halogens is 1. The van der Waals surface area contributed by atoms with Crippen LogP contribution in [0.3, 0.4) is 0 Å². The summed E-state index contributed by atoms with van der Waals surface area (Å²) in [4.78, 5) is 0.695. The fourth-order valence-electron chi connectivity index (χ4n) is 2.25. The molecule has 1 aromatic heterocycles. The van der Waals surface area contributed by atoms with Crippen molar-refractivity contribution in [1.82, 2.24) is 9.78 Å². The molecule has 112 valence electrons. The molecule has 2 aromatic carbocycles. The van der Waals surface area contributed by atoms with Crippen LogP contribution in [0.25, 0.3) is 16.9 Å². The van der Waals surface area contributed by atoms with Crippen molar-refractivity contribution < 1.29 is 4.55 Å². The molecule has 0 aliphatic rings. The van der Waals surface area contributed by atoms with Crippen molar-refractivity contribution in [2.75, 3.05) is 0 Å². The lowest BCUT2D eigenvalue weighted by atomic mass is 10.1. The highest BCUT2D eigenvalue weighted by molar-refractivity contribution is 7.89. The number of aryl methyl sites for hydroxylation is 1. The van der Waals surface area contributed by atoms with Crippen molar-refractivity contribution >= 4 is 23.0 Å². The Balaban J connectivity index is 2.06. The van der Waals surface area contributed by atoms with Gasteiger partial charge in [0.25, 0.3) is 11.4 Å². The molecule has 0 saturated heterocycles. The summed E-state index contributed by atoms with van der Waals surface area (Å²) in [5.74, 6) is 0. The quantitative estimate of drug-likeness (QED) is 0.716. The predicted molar refractivity (Wildman–Crippen MR) is 91.2 cm³/mol. The van der Waals surface area contributed by atoms with Gasteiger partial charge in [-0.05, 0) is 37.3 Å². The van der Waals surface area contributed by atoms with Gasteiger partial charge >= 0.3 is 0 Å². The maximum absolute atomic E-state index is 9.42. The smallest absolute Gasteiger partial charge is 0.233 e. The summed E-state index contributed by atoms with van der Waals surface area (Å²) in [7, 11) is 0. The van der Waals surface area contributed by atoms with Crippen LogP contribution in [0.1, 0.15) is 5.69 Å². The fourth-order valence-corrected chi connectivity index (χ4v) is 2.79. The van der Waals surface area contributed by atoms with E-state index in [1.807, 2.05) is 54.1 Å². The Morgan fingerprint density at radius 1 is 1.09 bits per heavy atom. The third-order valence-corrected chi connectivity index (χ3v) is 4.30. The van der Waals surface area contributed by atoms with Crippen molar-refractivity contribution in [1.29, 1.82) is 0 Å². The molecule has 1 heterocycles. The van der Waals surface area contributed by atoms with Gasteiger partial charge in [-0.25, -0.2) is 4.68 Å². The predicted octanol–water partition coefficient (Wildman–Crippen LogP) is 3.83. The zero-order valence-corrected chi connectivity index (χ0v) is 13.5. The van der Waals surface area contributed by atoms with Crippen LogP contribution in [0.15, 0.2) is 59.5 Å². The van der Waals surface area contributed by atoms with Crippen LogP contribution < -0.4 is 5.14 Å². The van der Waals surface area contributed by atoms with Gasteiger partial charge in [-0.1, -0.05) is 23.7 Å². The van der Waals surface area contributed by atoms with Gasteiger partial charge in [-0.3, -0.25) is 0 Å². The minimum atomic E-state index is -1.23. The molecule has 1 atom stereocenters. The molecular formula is C16H15ClN3OS+. The van der Waals surface area contributed by atoms with Crippen LogP contribution in [0.2, 0.25) is 5.02 Å². The van der Waals surface area contributed by atoms with Crippen LogP contribution in [-0.4, -0.2) is 14.3 Å². The van der Waals surface area contributed by atoms with Crippen LogP contribution in [0.4, 0.5) is 0 Å². The number of benzene rings is 2. The lowest BCUT2D eigenvalue weighted by molar-refractivity contribution is 0.640. The molecule has 0 saturated carbocycles. The standard InChI is InChI=1S/C16H15ClN3OS/c1-11-10-16(12-2-4-13(17)5-3-12)20(19-11)14-6-8-15(9-7-14)22(18)21/h2-10,21H,18H2,1H3/q+1. The van der Waals surface area contributed by atoms with Crippen molar-refractivity contribution in [3.63, 3.8) is 0 Å². The van der Waals surface area contributed by atoms with Gasteiger partial charge in [0.1, 0.15) is 0 Å². The van der Waals surface area contributed by atoms with E-state index in [2.05, 4.69) is 5.10 Å². The fraction of sp³-hybridized carbons (Fsp3) is 0.0625. The molecule has 0 fully saturated rings. The molecule has 0 spiro atoms. The Morgan fingerprint density at radius 2 is 1.73 bits per heavy atom. The average molecular weight is 333 g/mol. The molecule has 6 heteroatoms. The van der Waals surface area contributed by atoms with Crippen molar-refractivity contribution in [2.24, 2.45) is 5.14 Å². The highest BCUT2D eigenvalue weighted by Crippen LogP contribution is 2.25. The maximum atomic E-state index is 9.42. The van der Waals surface area contributed by atoms with E-state index in [-0.39, 0.29) is 0 Å². The van der Waals surface area contributed by atoms with Gasteiger partial charge in [-0.2, -0.15) is 9.65 Å². The monoisotopic (exact) mass is 332 g/mol. The molecule has 3 N–H and O–H groups in total. The van der Waals surface area contributed by atoms with Crippen LogP contribution in [0.5, 0.6) is 0 Å². The first-order valence-electron chi connectivity index (χ1n) is 6.65. The van der Waals surface area contributed by atoms with Crippen LogP contribution in [-0.2, 0) is 11.4 Å². The Labute approximate surface area is 136 Å². The van der Waals surface area contributed by atoms with E-state index in [9.17, 15) is 4.55 Å². The highest BCUT2D eigenvalue weighted by atomic mass is 35.5. The second-order valence-corrected chi connectivity index (χ2v) is 6.44. The molecule has 0 bridgehead atoms. The van der Waals surface area contributed by atoms with Gasteiger partial charge in [0.2, 0.25) is 4.90 Å². The summed E-state index contributed by atoms with van der Waals surface area (Å²) in [6.45, 7) is 1.95. The summed E-state index contributed by atoms with van der Waals surface area (Å²) in [6.07, 6.45) is 0. The molecule has 0 radical (unpaired) electrons. The molecule has 1 unspecified atom stereocenters. The van der Waals surface area contributed by atoms with E-state index in [0.29, 0.717) is 9.92 Å². The van der Waals surface area contributed by atoms with Crippen LogP contribution >= 0.6 is 11.6 Å². The van der Waals surface area contributed by atoms with E-state index >= 15 is 0 Å². The molecule has 0 amide bonds. The molecular weight excluding hydrogens is 318 g/mol. The van der Waals surface area contributed by atoms with E-state index < -0.39 is 11.4 Å². The van der Waals surface area contributed by atoms with Gasteiger partial charge in [0.05, 0.1) is 17.1 Å². The van der Waals surface area contributed by atoms with E-state index in [1.165, 1.54) is 0 Å². The SMILES string of the molecule is Cc1cc(-c2ccc(Cl)cc2)n(-c2ccc([S+](N)O)cc2)n1. The lowest BCUT2D eigenvalue weighted by Crippen LogP contribution is -2.11. The highest BCUT2D eigenvalue weighted by Gasteiger charge is 2.15. The lowest BCUT2D eigenvalue weighted by Gasteiger charge is -2.07. The number of rotatable bonds is 3. The van der Waals surface area contributed by atoms with E-state index in [4.69, 9.17) is 16.7 Å². The molecule has 22 heavy (non-hydrogen) atoms. The summed E-state index contributed by atoms with van der Waals surface area (Å²) in [6, 6.07) is 17.1. The Bertz CT molecular complexity index is 782. The van der Waals surface area contributed by atoms with E-state index in [0.717, 1.165) is 22.6 Å². The number of aromatic nitrogens is 2. The Hall–Kier alpha value is -1.79.